The molecule has 1 aliphatic rings. The molecule has 1 aromatic carbocycles. The van der Waals surface area contributed by atoms with Crippen LogP contribution in [-0.2, 0) is 9.47 Å². The second kappa shape index (κ2) is 9.72. The van der Waals surface area contributed by atoms with E-state index in [0.717, 1.165) is 12.5 Å². The predicted octanol–water partition coefficient (Wildman–Crippen LogP) is 3.25. The number of benzene rings is 1. The summed E-state index contributed by atoms with van der Waals surface area (Å²) in [6.07, 6.45) is 4.54. The Kier molecular flexibility index (Phi) is 6.77. The van der Waals surface area contributed by atoms with Gasteiger partial charge in [0.2, 0.25) is 0 Å². The highest BCUT2D eigenvalue weighted by molar-refractivity contribution is 7.80. The van der Waals surface area contributed by atoms with E-state index >= 15 is 0 Å². The number of thiocarbonyl (C=S) groups is 1. The van der Waals surface area contributed by atoms with Crippen LogP contribution in [0.4, 0.5) is 20.3 Å². The Bertz CT molecular complexity index is 1110. The predicted molar refractivity (Wildman–Crippen MR) is 121 cm³/mol. The van der Waals surface area contributed by atoms with Crippen LogP contribution in [0.3, 0.4) is 0 Å². The average Bonchev–Trinajstić information content (AvgIpc) is 3.43. The van der Waals surface area contributed by atoms with Crippen LogP contribution in [0.15, 0.2) is 36.7 Å². The van der Waals surface area contributed by atoms with Crippen LogP contribution < -0.4 is 15.5 Å². The van der Waals surface area contributed by atoms with Crippen molar-refractivity contribution in [3.05, 3.63) is 53.9 Å². The standard InChI is InChI=1S/C21H24F2N6O2S/c1-30-19(31-2)12-24-21(32)26-16-11-25-29-9-7-18(27-20(16)29)28-8-3-4-17(28)14-10-13(22)5-6-15(14)23/h5-7,9-11,17,19H,3-4,8,12H2,1-2H3,(H2,24,26,32)/t17-/m1/s1. The van der Waals surface area contributed by atoms with Gasteiger partial charge in [0.25, 0.3) is 0 Å². The van der Waals surface area contributed by atoms with E-state index in [9.17, 15) is 8.78 Å². The number of aromatic nitrogens is 3. The molecule has 1 atom stereocenters. The molecule has 1 fully saturated rings. The van der Waals surface area contributed by atoms with Crippen molar-refractivity contribution in [2.45, 2.75) is 25.2 Å². The van der Waals surface area contributed by atoms with Gasteiger partial charge in [0.15, 0.2) is 17.0 Å². The normalized spacial score (nSPS) is 16.2. The monoisotopic (exact) mass is 462 g/mol. The van der Waals surface area contributed by atoms with E-state index < -0.39 is 17.9 Å². The largest absolute Gasteiger partial charge is 0.357 e. The molecule has 0 spiro atoms. The molecule has 3 heterocycles. The van der Waals surface area contributed by atoms with E-state index in [0.29, 0.717) is 47.3 Å². The van der Waals surface area contributed by atoms with E-state index in [4.69, 9.17) is 26.7 Å². The number of ether oxygens (including phenoxy) is 2. The summed E-state index contributed by atoms with van der Waals surface area (Å²) in [6, 6.07) is 5.09. The Labute approximate surface area is 189 Å². The molecule has 0 amide bonds. The second-order valence-electron chi connectivity index (χ2n) is 7.37. The van der Waals surface area contributed by atoms with Gasteiger partial charge in [-0.05, 0) is 49.3 Å². The lowest BCUT2D eigenvalue weighted by Gasteiger charge is -2.26. The number of fused-ring (bicyclic) bond motifs is 1. The van der Waals surface area contributed by atoms with Crippen LogP contribution >= 0.6 is 12.2 Å². The fourth-order valence-electron chi connectivity index (χ4n) is 3.85. The first-order valence-electron chi connectivity index (χ1n) is 10.2. The summed E-state index contributed by atoms with van der Waals surface area (Å²) in [7, 11) is 3.09. The van der Waals surface area contributed by atoms with Gasteiger partial charge >= 0.3 is 0 Å². The topological polar surface area (TPSA) is 76.0 Å². The van der Waals surface area contributed by atoms with Gasteiger partial charge in [-0.3, -0.25) is 0 Å². The van der Waals surface area contributed by atoms with Crippen molar-refractivity contribution in [2.24, 2.45) is 0 Å². The third-order valence-corrected chi connectivity index (χ3v) is 5.67. The molecule has 4 rings (SSSR count). The van der Waals surface area contributed by atoms with Crippen molar-refractivity contribution < 1.29 is 18.3 Å². The van der Waals surface area contributed by atoms with Gasteiger partial charge in [-0.15, -0.1) is 0 Å². The zero-order chi connectivity index (χ0) is 22.7. The molecule has 8 nitrogen and oxygen atoms in total. The minimum atomic E-state index is -0.455. The lowest BCUT2D eigenvalue weighted by atomic mass is 10.0. The molecule has 11 heteroatoms. The summed E-state index contributed by atoms with van der Waals surface area (Å²) in [5.41, 5.74) is 1.52. The van der Waals surface area contributed by atoms with Crippen molar-refractivity contribution in [3.63, 3.8) is 0 Å². The molecule has 170 valence electrons. The maximum Gasteiger partial charge on any atom is 0.180 e. The van der Waals surface area contributed by atoms with Gasteiger partial charge in [-0.2, -0.15) is 5.10 Å². The first kappa shape index (κ1) is 22.3. The molecule has 1 aliphatic heterocycles. The van der Waals surface area contributed by atoms with Crippen LogP contribution in [0.2, 0.25) is 0 Å². The number of methoxy groups -OCH3 is 2. The van der Waals surface area contributed by atoms with E-state index in [-0.39, 0.29) is 6.04 Å². The van der Waals surface area contributed by atoms with Crippen molar-refractivity contribution in [1.82, 2.24) is 19.9 Å². The van der Waals surface area contributed by atoms with Crippen LogP contribution in [0.1, 0.15) is 24.4 Å². The minimum absolute atomic E-state index is 0.289. The first-order chi connectivity index (χ1) is 15.5. The second-order valence-corrected chi connectivity index (χ2v) is 7.77. The van der Waals surface area contributed by atoms with Gasteiger partial charge in [0.05, 0.1) is 18.8 Å². The highest BCUT2D eigenvalue weighted by Crippen LogP contribution is 2.37. The molecule has 32 heavy (non-hydrogen) atoms. The average molecular weight is 463 g/mol. The van der Waals surface area contributed by atoms with Crippen LogP contribution in [0.5, 0.6) is 0 Å². The third-order valence-electron chi connectivity index (χ3n) is 5.42. The summed E-state index contributed by atoms with van der Waals surface area (Å²) in [5, 5.41) is 10.8. The van der Waals surface area contributed by atoms with Gasteiger partial charge < -0.3 is 25.0 Å². The van der Waals surface area contributed by atoms with Crippen molar-refractivity contribution in [1.29, 1.82) is 0 Å². The highest BCUT2D eigenvalue weighted by Gasteiger charge is 2.30. The lowest BCUT2D eigenvalue weighted by Crippen LogP contribution is -2.36. The van der Waals surface area contributed by atoms with Gasteiger partial charge in [0.1, 0.15) is 23.1 Å². The number of nitrogens with one attached hydrogen (secondary N) is 2. The Hall–Kier alpha value is -2.89. The molecule has 0 bridgehead atoms. The Morgan fingerprint density at radius 1 is 1.28 bits per heavy atom. The molecule has 0 saturated carbocycles. The van der Waals surface area contributed by atoms with Crippen LogP contribution in [-0.4, -0.2) is 53.3 Å². The summed E-state index contributed by atoms with van der Waals surface area (Å²) in [4.78, 5) is 6.73. The molecule has 0 aliphatic carbocycles. The van der Waals surface area contributed by atoms with Crippen molar-refractivity contribution in [3.8, 4) is 0 Å². The van der Waals surface area contributed by atoms with Crippen LogP contribution in [0, 0.1) is 11.6 Å². The van der Waals surface area contributed by atoms with Crippen LogP contribution in [0.25, 0.3) is 5.65 Å². The fraction of sp³-hybridized carbons (Fsp3) is 0.381. The van der Waals surface area contributed by atoms with Gasteiger partial charge in [0, 0.05) is 32.5 Å². The summed E-state index contributed by atoms with van der Waals surface area (Å²) in [6.45, 7) is 1.06. The highest BCUT2D eigenvalue weighted by atomic mass is 32.1. The lowest BCUT2D eigenvalue weighted by molar-refractivity contribution is -0.0964. The SMILES string of the molecule is COC(CNC(=S)Nc1cnn2ccc(N3CCC[C@@H]3c3cc(F)ccc3F)nc12)OC. The first-order valence-corrected chi connectivity index (χ1v) is 10.6. The van der Waals surface area contributed by atoms with Crippen molar-refractivity contribution in [2.75, 3.05) is 37.5 Å². The zero-order valence-electron chi connectivity index (χ0n) is 17.7. The quantitative estimate of drug-likeness (QED) is 0.410. The third kappa shape index (κ3) is 4.64. The smallest absolute Gasteiger partial charge is 0.180 e. The van der Waals surface area contributed by atoms with E-state index in [1.54, 1.807) is 31.1 Å². The Morgan fingerprint density at radius 3 is 2.88 bits per heavy atom. The number of rotatable bonds is 7. The molecule has 3 aromatic rings. The number of halogens is 2. The Morgan fingerprint density at radius 2 is 2.09 bits per heavy atom. The van der Waals surface area contributed by atoms with E-state index in [1.165, 1.54) is 12.1 Å². The minimum Gasteiger partial charge on any atom is -0.357 e. The summed E-state index contributed by atoms with van der Waals surface area (Å²) < 4.78 is 40.1. The molecular formula is C21H24F2N6O2S. The Balaban J connectivity index is 1.55. The maximum absolute atomic E-state index is 14.4. The molecule has 0 radical (unpaired) electrons. The summed E-state index contributed by atoms with van der Waals surface area (Å²) >= 11 is 5.34. The van der Waals surface area contributed by atoms with Gasteiger partial charge in [-0.25, -0.2) is 18.3 Å². The number of hydrogen-bond donors (Lipinski definition) is 2. The number of hydrogen-bond acceptors (Lipinski definition) is 6. The van der Waals surface area contributed by atoms with Crippen molar-refractivity contribution >= 4 is 34.5 Å². The zero-order valence-corrected chi connectivity index (χ0v) is 18.5. The molecule has 0 unspecified atom stereocenters. The molecular weight excluding hydrogens is 438 g/mol. The molecule has 2 aromatic heterocycles. The number of anilines is 2. The van der Waals surface area contributed by atoms with Gasteiger partial charge in [-0.1, -0.05) is 0 Å². The number of nitrogens with zero attached hydrogens (tertiary/aromatic N) is 4. The summed E-state index contributed by atoms with van der Waals surface area (Å²) in [5.74, 6) is -0.216. The maximum atomic E-state index is 14.4. The van der Waals surface area contributed by atoms with E-state index in [1.807, 2.05) is 11.0 Å². The van der Waals surface area contributed by atoms with E-state index in [2.05, 4.69) is 15.7 Å². The molecule has 1 saturated heterocycles. The fourth-order valence-corrected chi connectivity index (χ4v) is 4.04. The molecule has 2 N–H and O–H groups in total.